The molecule has 0 fully saturated rings. The maximum Gasteiger partial charge on any atom is 0.234 e. The number of nitrogens with zero attached hydrogens (tertiary/aromatic N) is 1. The second-order valence-electron chi connectivity index (χ2n) is 4.98. The Bertz CT molecular complexity index is 769. The first-order valence-corrected chi connectivity index (χ1v) is 7.58. The number of fused-ring (bicyclic) bond motifs is 1. The molecule has 1 atom stereocenters. The van der Waals surface area contributed by atoms with Gasteiger partial charge in [0.2, 0.25) is 11.8 Å². The van der Waals surface area contributed by atoms with Crippen LogP contribution in [0.5, 0.6) is 0 Å². The zero-order valence-electron chi connectivity index (χ0n) is 11.8. The van der Waals surface area contributed by atoms with Crippen LogP contribution in [0.15, 0.2) is 29.6 Å². The zero-order chi connectivity index (χ0) is 15.7. The Hall–Kier alpha value is -2.54. The molecule has 6 nitrogen and oxygen atoms in total. The fourth-order valence-electron chi connectivity index (χ4n) is 2.33. The van der Waals surface area contributed by atoms with Crippen molar-refractivity contribution in [2.75, 3.05) is 10.6 Å². The summed E-state index contributed by atoms with van der Waals surface area (Å²) in [5.74, 6) is -1.21. The Labute approximate surface area is 130 Å². The summed E-state index contributed by atoms with van der Waals surface area (Å²) in [5, 5.41) is 7.39. The molecule has 1 aromatic heterocycles. The number of carbonyl (C=O) groups excluding carboxylic acids is 3. The minimum atomic E-state index is -0.561. The number of hydrogen-bond donors (Lipinski definition) is 2. The molecule has 2 N–H and O–H groups in total. The van der Waals surface area contributed by atoms with E-state index < -0.39 is 5.92 Å². The minimum Gasteiger partial charge on any atom is -0.326 e. The van der Waals surface area contributed by atoms with Crippen molar-refractivity contribution in [2.24, 2.45) is 0 Å². The van der Waals surface area contributed by atoms with Gasteiger partial charge in [0.05, 0.1) is 5.92 Å². The largest absolute Gasteiger partial charge is 0.326 e. The maximum atomic E-state index is 12.4. The van der Waals surface area contributed by atoms with Gasteiger partial charge >= 0.3 is 0 Å². The lowest BCUT2D eigenvalue weighted by atomic mass is 9.90. The van der Waals surface area contributed by atoms with E-state index in [1.54, 1.807) is 17.5 Å². The first-order chi connectivity index (χ1) is 10.5. The van der Waals surface area contributed by atoms with Crippen LogP contribution in [0.1, 0.15) is 35.3 Å². The van der Waals surface area contributed by atoms with Crippen molar-refractivity contribution >= 4 is 39.8 Å². The highest BCUT2D eigenvalue weighted by atomic mass is 32.1. The summed E-state index contributed by atoms with van der Waals surface area (Å²) in [6.07, 6.45) is 0.0911. The molecule has 0 unspecified atom stereocenters. The van der Waals surface area contributed by atoms with Gasteiger partial charge in [0, 0.05) is 24.4 Å². The van der Waals surface area contributed by atoms with Crippen LogP contribution < -0.4 is 10.6 Å². The standard InChI is InChI=1S/C15H13N3O3S/c1-8(19)12-7-22-15(17-12)18-14(21)10-6-13(20)16-11-5-3-2-4-9(10)11/h2-5,7,10H,6H2,1H3,(H,16,20)(H,17,18,21)/t10-/m0/s1. The Balaban J connectivity index is 1.82. The van der Waals surface area contributed by atoms with Crippen molar-refractivity contribution in [3.8, 4) is 0 Å². The average Bonchev–Trinajstić information content (AvgIpc) is 2.95. The van der Waals surface area contributed by atoms with Crippen LogP contribution in [0.2, 0.25) is 0 Å². The van der Waals surface area contributed by atoms with E-state index in [0.717, 1.165) is 5.56 Å². The number of rotatable bonds is 3. The molecule has 2 heterocycles. The lowest BCUT2D eigenvalue weighted by Crippen LogP contribution is -2.30. The van der Waals surface area contributed by atoms with Crippen molar-refractivity contribution in [3.05, 3.63) is 40.9 Å². The van der Waals surface area contributed by atoms with E-state index in [1.165, 1.54) is 18.3 Å². The topological polar surface area (TPSA) is 88.2 Å². The lowest BCUT2D eigenvalue weighted by Gasteiger charge is -2.24. The third kappa shape index (κ3) is 2.75. The number of anilines is 2. The number of benzene rings is 1. The SMILES string of the molecule is CC(=O)c1csc(NC(=O)[C@H]2CC(=O)Nc3ccccc32)n1. The van der Waals surface area contributed by atoms with Crippen molar-refractivity contribution in [2.45, 2.75) is 19.3 Å². The average molecular weight is 315 g/mol. The smallest absolute Gasteiger partial charge is 0.234 e. The Morgan fingerprint density at radius 2 is 2.14 bits per heavy atom. The molecule has 22 heavy (non-hydrogen) atoms. The molecule has 1 aromatic carbocycles. The lowest BCUT2D eigenvalue weighted by molar-refractivity contribution is -0.123. The van der Waals surface area contributed by atoms with E-state index in [9.17, 15) is 14.4 Å². The van der Waals surface area contributed by atoms with E-state index in [2.05, 4.69) is 15.6 Å². The summed E-state index contributed by atoms with van der Waals surface area (Å²) in [6.45, 7) is 1.42. The molecule has 1 aliphatic rings. The maximum absolute atomic E-state index is 12.4. The Morgan fingerprint density at radius 3 is 2.86 bits per heavy atom. The molecular weight excluding hydrogens is 302 g/mol. The van der Waals surface area contributed by atoms with E-state index in [4.69, 9.17) is 0 Å². The summed E-state index contributed by atoms with van der Waals surface area (Å²) >= 11 is 1.19. The molecule has 0 saturated carbocycles. The molecule has 1 aliphatic heterocycles. The van der Waals surface area contributed by atoms with Gasteiger partial charge in [-0.1, -0.05) is 18.2 Å². The predicted molar refractivity (Wildman–Crippen MR) is 83.2 cm³/mol. The molecule has 0 bridgehead atoms. The molecule has 7 heteroatoms. The Morgan fingerprint density at radius 1 is 1.36 bits per heavy atom. The summed E-state index contributed by atoms with van der Waals surface area (Å²) < 4.78 is 0. The van der Waals surface area contributed by atoms with Crippen LogP contribution in [0.4, 0.5) is 10.8 Å². The molecular formula is C15H13N3O3S. The highest BCUT2D eigenvalue weighted by molar-refractivity contribution is 7.14. The second-order valence-corrected chi connectivity index (χ2v) is 5.83. The minimum absolute atomic E-state index is 0.0911. The first kappa shape index (κ1) is 14.4. The molecule has 112 valence electrons. The number of aromatic nitrogens is 1. The van der Waals surface area contributed by atoms with Gasteiger partial charge in [-0.05, 0) is 11.6 Å². The van der Waals surface area contributed by atoms with Crippen LogP contribution >= 0.6 is 11.3 Å². The second kappa shape index (κ2) is 5.69. The molecule has 0 radical (unpaired) electrons. The van der Waals surface area contributed by atoms with E-state index in [-0.39, 0.29) is 24.0 Å². The van der Waals surface area contributed by atoms with E-state index in [0.29, 0.717) is 16.5 Å². The highest BCUT2D eigenvalue weighted by Crippen LogP contribution is 2.33. The van der Waals surface area contributed by atoms with Crippen LogP contribution in [-0.4, -0.2) is 22.6 Å². The molecule has 2 aromatic rings. The number of hydrogen-bond acceptors (Lipinski definition) is 5. The molecule has 3 rings (SSSR count). The quantitative estimate of drug-likeness (QED) is 0.851. The van der Waals surface area contributed by atoms with Gasteiger partial charge in [0.15, 0.2) is 10.9 Å². The van der Waals surface area contributed by atoms with Gasteiger partial charge in [-0.2, -0.15) is 0 Å². The number of nitrogens with one attached hydrogen (secondary N) is 2. The summed E-state index contributed by atoms with van der Waals surface area (Å²) in [5.41, 5.74) is 1.76. The van der Waals surface area contributed by atoms with Crippen LogP contribution in [-0.2, 0) is 9.59 Å². The molecule has 0 aliphatic carbocycles. The number of amides is 2. The van der Waals surface area contributed by atoms with Gasteiger partial charge in [0.25, 0.3) is 0 Å². The third-order valence-corrected chi connectivity index (χ3v) is 4.17. The predicted octanol–water partition coefficient (Wildman–Crippen LogP) is 2.41. The normalized spacial score (nSPS) is 16.6. The summed E-state index contributed by atoms with van der Waals surface area (Å²) in [6, 6.07) is 7.22. The van der Waals surface area contributed by atoms with E-state index in [1.807, 2.05) is 12.1 Å². The number of para-hydroxylation sites is 1. The molecule has 0 saturated heterocycles. The summed E-state index contributed by atoms with van der Waals surface area (Å²) in [7, 11) is 0. The van der Waals surface area contributed by atoms with Gasteiger partial charge < -0.3 is 10.6 Å². The van der Waals surface area contributed by atoms with Gasteiger partial charge in [0.1, 0.15) is 5.69 Å². The number of Topliss-reactive ketones (excluding diaryl/α,β-unsaturated/α-hetero) is 1. The van der Waals surface area contributed by atoms with Gasteiger partial charge in [-0.25, -0.2) is 4.98 Å². The fourth-order valence-corrected chi connectivity index (χ4v) is 3.08. The monoisotopic (exact) mass is 315 g/mol. The third-order valence-electron chi connectivity index (χ3n) is 3.41. The highest BCUT2D eigenvalue weighted by Gasteiger charge is 2.30. The van der Waals surface area contributed by atoms with Gasteiger partial charge in [-0.3, -0.25) is 14.4 Å². The van der Waals surface area contributed by atoms with Crippen molar-refractivity contribution in [1.29, 1.82) is 0 Å². The number of ketones is 1. The fraction of sp³-hybridized carbons (Fsp3) is 0.200. The number of carbonyl (C=O) groups is 3. The molecule has 2 amide bonds. The van der Waals surface area contributed by atoms with Crippen molar-refractivity contribution < 1.29 is 14.4 Å². The number of thiazole rings is 1. The van der Waals surface area contributed by atoms with Crippen molar-refractivity contribution in [3.63, 3.8) is 0 Å². The van der Waals surface area contributed by atoms with Crippen LogP contribution in [0, 0.1) is 0 Å². The summed E-state index contributed by atoms with van der Waals surface area (Å²) in [4.78, 5) is 39.5. The van der Waals surface area contributed by atoms with Crippen molar-refractivity contribution in [1.82, 2.24) is 4.98 Å². The Kier molecular flexibility index (Phi) is 3.72. The molecule has 0 spiro atoms. The van der Waals surface area contributed by atoms with Crippen LogP contribution in [0.25, 0.3) is 0 Å². The first-order valence-electron chi connectivity index (χ1n) is 6.70. The van der Waals surface area contributed by atoms with Crippen LogP contribution in [0.3, 0.4) is 0 Å². The van der Waals surface area contributed by atoms with Gasteiger partial charge in [-0.15, -0.1) is 11.3 Å². The van der Waals surface area contributed by atoms with E-state index >= 15 is 0 Å². The zero-order valence-corrected chi connectivity index (χ0v) is 12.6.